The molecule has 0 radical (unpaired) electrons. The zero-order valence-corrected chi connectivity index (χ0v) is 12.0. The molecule has 2 N–H and O–H groups in total. The molecule has 0 fully saturated rings. The number of hydrogen-bond acceptors (Lipinski definition) is 4. The Morgan fingerprint density at radius 3 is 2.65 bits per heavy atom. The van der Waals surface area contributed by atoms with Crippen LogP contribution < -0.4 is 5.73 Å². The highest BCUT2D eigenvalue weighted by Crippen LogP contribution is 2.25. The second-order valence-electron chi connectivity index (χ2n) is 5.51. The Hall–Kier alpha value is -1.98. The molecule has 0 aliphatic heterocycles. The lowest BCUT2D eigenvalue weighted by Crippen LogP contribution is -2.10. The van der Waals surface area contributed by atoms with Crippen LogP contribution in [-0.2, 0) is 0 Å². The van der Waals surface area contributed by atoms with Crippen molar-refractivity contribution in [3.05, 3.63) is 24.0 Å². The first kappa shape index (κ1) is 14.4. The Kier molecular flexibility index (Phi) is 4.32. The molecule has 1 aromatic heterocycles. The van der Waals surface area contributed by atoms with Gasteiger partial charge in [-0.25, -0.2) is 9.07 Å². The topological polar surface area (TPSA) is 69.6 Å². The maximum atomic E-state index is 14.0. The fraction of sp³-hybridized carbons (Fsp3) is 0.500. The molecule has 2 rings (SSSR count). The van der Waals surface area contributed by atoms with Crippen molar-refractivity contribution < 1.29 is 4.39 Å². The highest BCUT2D eigenvalue weighted by molar-refractivity contribution is 5.59. The molecular weight excluding hydrogens is 257 g/mol. The van der Waals surface area contributed by atoms with Crippen LogP contribution in [0.1, 0.15) is 39.7 Å². The van der Waals surface area contributed by atoms with Crippen LogP contribution in [0.25, 0.3) is 11.4 Å². The van der Waals surface area contributed by atoms with Crippen molar-refractivity contribution in [3.63, 3.8) is 0 Å². The number of halogens is 1. The molecule has 108 valence electrons. The van der Waals surface area contributed by atoms with E-state index in [1.165, 1.54) is 6.07 Å². The van der Waals surface area contributed by atoms with Gasteiger partial charge in [0.25, 0.3) is 0 Å². The van der Waals surface area contributed by atoms with Crippen molar-refractivity contribution in [2.75, 3.05) is 5.73 Å². The van der Waals surface area contributed by atoms with Gasteiger partial charge in [-0.15, -0.1) is 5.10 Å². The fourth-order valence-electron chi connectivity index (χ4n) is 2.08. The van der Waals surface area contributed by atoms with Crippen molar-refractivity contribution in [1.29, 1.82) is 0 Å². The van der Waals surface area contributed by atoms with Crippen LogP contribution in [0.4, 0.5) is 10.1 Å². The van der Waals surface area contributed by atoms with Gasteiger partial charge in [-0.05, 0) is 54.3 Å². The van der Waals surface area contributed by atoms with E-state index in [4.69, 9.17) is 5.73 Å². The minimum atomic E-state index is -0.405. The average Bonchev–Trinajstić information content (AvgIpc) is 2.85. The molecule has 20 heavy (non-hydrogen) atoms. The summed E-state index contributed by atoms with van der Waals surface area (Å²) in [6, 6.07) is 4.67. The third kappa shape index (κ3) is 3.12. The number of tetrazole rings is 1. The van der Waals surface area contributed by atoms with Gasteiger partial charge in [0.05, 0.1) is 11.6 Å². The number of nitrogens with two attached hydrogens (primary N) is 1. The molecule has 0 aliphatic carbocycles. The van der Waals surface area contributed by atoms with Gasteiger partial charge in [0.1, 0.15) is 5.82 Å². The zero-order chi connectivity index (χ0) is 14.7. The molecule has 1 atom stereocenters. The first-order chi connectivity index (χ1) is 9.49. The second-order valence-corrected chi connectivity index (χ2v) is 5.51. The summed E-state index contributed by atoms with van der Waals surface area (Å²) in [4.78, 5) is 0. The van der Waals surface area contributed by atoms with Crippen LogP contribution in [-0.4, -0.2) is 20.2 Å². The fourth-order valence-corrected chi connectivity index (χ4v) is 2.08. The number of nitrogen functional groups attached to an aromatic ring is 1. The van der Waals surface area contributed by atoms with Gasteiger partial charge in [-0.1, -0.05) is 13.8 Å². The van der Waals surface area contributed by atoms with Crippen molar-refractivity contribution in [1.82, 2.24) is 20.2 Å². The lowest BCUT2D eigenvalue weighted by Gasteiger charge is -2.15. The first-order valence-electron chi connectivity index (χ1n) is 6.82. The van der Waals surface area contributed by atoms with Crippen LogP contribution in [0, 0.1) is 11.7 Å². The predicted molar refractivity (Wildman–Crippen MR) is 76.4 cm³/mol. The van der Waals surface area contributed by atoms with Crippen LogP contribution in [0.3, 0.4) is 0 Å². The molecule has 1 heterocycles. The third-order valence-electron chi connectivity index (χ3n) is 3.31. The molecule has 0 bridgehead atoms. The van der Waals surface area contributed by atoms with Gasteiger partial charge in [-0.2, -0.15) is 0 Å². The summed E-state index contributed by atoms with van der Waals surface area (Å²) in [5.74, 6) is 0.654. The number of aromatic nitrogens is 4. The van der Waals surface area contributed by atoms with Crippen LogP contribution in [0.5, 0.6) is 0 Å². The summed E-state index contributed by atoms with van der Waals surface area (Å²) < 4.78 is 15.7. The highest BCUT2D eigenvalue weighted by Gasteiger charge is 2.17. The summed E-state index contributed by atoms with van der Waals surface area (Å²) in [5.41, 5.74) is 6.32. The number of benzene rings is 1. The lowest BCUT2D eigenvalue weighted by molar-refractivity contribution is 0.406. The zero-order valence-electron chi connectivity index (χ0n) is 12.0. The summed E-state index contributed by atoms with van der Waals surface area (Å²) in [5, 5.41) is 11.6. The van der Waals surface area contributed by atoms with Gasteiger partial charge in [0, 0.05) is 5.69 Å². The first-order valence-corrected chi connectivity index (χ1v) is 6.82. The minimum Gasteiger partial charge on any atom is -0.399 e. The normalized spacial score (nSPS) is 12.8. The lowest BCUT2D eigenvalue weighted by atomic mass is 10.0. The molecule has 0 spiro atoms. The second kappa shape index (κ2) is 5.98. The SMILES string of the molecule is CC(C)CCC(C)n1nnnc1-c1ccc(N)cc1F. The van der Waals surface area contributed by atoms with Crippen molar-refractivity contribution in [2.24, 2.45) is 5.92 Å². The molecule has 0 saturated heterocycles. The molecule has 0 saturated carbocycles. The molecule has 0 aliphatic rings. The van der Waals surface area contributed by atoms with Gasteiger partial charge in [-0.3, -0.25) is 0 Å². The number of rotatable bonds is 5. The predicted octanol–water partition coefficient (Wildman–Crippen LogP) is 3.06. The van der Waals surface area contributed by atoms with E-state index in [0.29, 0.717) is 23.0 Å². The van der Waals surface area contributed by atoms with E-state index in [9.17, 15) is 4.39 Å². The van der Waals surface area contributed by atoms with E-state index in [2.05, 4.69) is 29.4 Å². The van der Waals surface area contributed by atoms with Gasteiger partial charge in [0.2, 0.25) is 0 Å². The van der Waals surface area contributed by atoms with Crippen molar-refractivity contribution in [2.45, 2.75) is 39.7 Å². The quantitative estimate of drug-likeness (QED) is 0.853. The van der Waals surface area contributed by atoms with E-state index in [1.54, 1.807) is 16.8 Å². The van der Waals surface area contributed by atoms with Crippen LogP contribution >= 0.6 is 0 Å². The van der Waals surface area contributed by atoms with Gasteiger partial charge in [0.15, 0.2) is 5.82 Å². The smallest absolute Gasteiger partial charge is 0.185 e. The van der Waals surface area contributed by atoms with Crippen LogP contribution in [0.15, 0.2) is 18.2 Å². The van der Waals surface area contributed by atoms with E-state index in [1.807, 2.05) is 6.92 Å². The average molecular weight is 277 g/mol. The van der Waals surface area contributed by atoms with Crippen molar-refractivity contribution in [3.8, 4) is 11.4 Å². The summed E-state index contributed by atoms with van der Waals surface area (Å²) in [6.45, 7) is 6.39. The van der Waals surface area contributed by atoms with E-state index < -0.39 is 5.82 Å². The third-order valence-corrected chi connectivity index (χ3v) is 3.31. The van der Waals surface area contributed by atoms with E-state index >= 15 is 0 Å². The Morgan fingerprint density at radius 2 is 2.00 bits per heavy atom. The molecule has 6 heteroatoms. The minimum absolute atomic E-state index is 0.124. The Morgan fingerprint density at radius 1 is 1.25 bits per heavy atom. The summed E-state index contributed by atoms with van der Waals surface area (Å²) in [6.07, 6.45) is 2.02. The van der Waals surface area contributed by atoms with Crippen molar-refractivity contribution >= 4 is 5.69 Å². The van der Waals surface area contributed by atoms with Gasteiger partial charge < -0.3 is 5.73 Å². The molecule has 5 nitrogen and oxygen atoms in total. The number of hydrogen-bond donors (Lipinski definition) is 1. The molecule has 0 amide bonds. The van der Waals surface area contributed by atoms with E-state index in [0.717, 1.165) is 12.8 Å². The number of nitrogens with zero attached hydrogens (tertiary/aromatic N) is 4. The van der Waals surface area contributed by atoms with Gasteiger partial charge >= 0.3 is 0 Å². The Balaban J connectivity index is 2.28. The highest BCUT2D eigenvalue weighted by atomic mass is 19.1. The summed E-state index contributed by atoms with van der Waals surface area (Å²) in [7, 11) is 0. The molecule has 1 unspecified atom stereocenters. The van der Waals surface area contributed by atoms with E-state index in [-0.39, 0.29) is 6.04 Å². The maximum absolute atomic E-state index is 14.0. The maximum Gasteiger partial charge on any atom is 0.185 e. The molecule has 2 aromatic rings. The molecule has 1 aromatic carbocycles. The standard InChI is InChI=1S/C14H20FN5/c1-9(2)4-5-10(3)20-14(17-18-19-20)12-7-6-11(16)8-13(12)15/h6-10H,4-5,16H2,1-3H3. The van der Waals surface area contributed by atoms with Crippen LogP contribution in [0.2, 0.25) is 0 Å². The number of anilines is 1. The molecular formula is C14H20FN5. The monoisotopic (exact) mass is 277 g/mol. The Labute approximate surface area is 118 Å². The summed E-state index contributed by atoms with van der Waals surface area (Å²) >= 11 is 0. The Bertz CT molecular complexity index is 579. The largest absolute Gasteiger partial charge is 0.399 e.